The van der Waals surface area contributed by atoms with Gasteiger partial charge in [-0.05, 0) is 52.2 Å². The van der Waals surface area contributed by atoms with E-state index in [4.69, 9.17) is 5.73 Å². The van der Waals surface area contributed by atoms with Gasteiger partial charge in [0.05, 0.1) is 0 Å². The van der Waals surface area contributed by atoms with Gasteiger partial charge in [-0.15, -0.1) is 0 Å². The minimum atomic E-state index is -0.184. The maximum Gasteiger partial charge on any atom is 0.224 e. The van der Waals surface area contributed by atoms with Crippen molar-refractivity contribution in [2.24, 2.45) is 5.73 Å². The molecule has 0 aromatic rings. The summed E-state index contributed by atoms with van der Waals surface area (Å²) in [7, 11) is 4.08. The molecule has 0 aromatic heterocycles. The molecule has 1 saturated heterocycles. The van der Waals surface area contributed by atoms with Gasteiger partial charge < -0.3 is 15.5 Å². The Morgan fingerprint density at radius 1 is 1.41 bits per heavy atom. The molecular formula is C13H25N3O. The van der Waals surface area contributed by atoms with Crippen LogP contribution in [0.5, 0.6) is 0 Å². The smallest absolute Gasteiger partial charge is 0.224 e. The number of carbonyl (C=O) groups is 1. The summed E-state index contributed by atoms with van der Waals surface area (Å²) in [6.07, 6.45) is 5.93. The average Bonchev–Trinajstić information content (AvgIpc) is 2.27. The zero-order chi connectivity index (χ0) is 12.5. The van der Waals surface area contributed by atoms with Crippen molar-refractivity contribution < 1.29 is 4.79 Å². The first-order valence-corrected chi connectivity index (χ1v) is 6.73. The molecule has 2 N–H and O–H groups in total. The van der Waals surface area contributed by atoms with E-state index >= 15 is 0 Å². The first-order valence-electron chi connectivity index (χ1n) is 6.73. The quantitative estimate of drug-likeness (QED) is 0.793. The van der Waals surface area contributed by atoms with Crippen LogP contribution in [0.3, 0.4) is 0 Å². The Morgan fingerprint density at radius 3 is 2.47 bits per heavy atom. The number of hydrogen-bond donors (Lipinski definition) is 1. The van der Waals surface area contributed by atoms with Gasteiger partial charge in [-0.25, -0.2) is 0 Å². The normalized spacial score (nSPS) is 25.4. The summed E-state index contributed by atoms with van der Waals surface area (Å²) in [5, 5.41) is 0. The number of nitrogens with two attached hydrogens (primary N) is 1. The molecule has 1 aliphatic heterocycles. The van der Waals surface area contributed by atoms with E-state index in [1.807, 2.05) is 11.9 Å². The molecule has 1 amide bonds. The third-order valence-corrected chi connectivity index (χ3v) is 4.48. The van der Waals surface area contributed by atoms with Gasteiger partial charge in [0, 0.05) is 25.0 Å². The minimum Gasteiger partial charge on any atom is -0.343 e. The van der Waals surface area contributed by atoms with Crippen LogP contribution in [0, 0.1) is 0 Å². The predicted octanol–water partition coefficient (Wildman–Crippen LogP) is 0.811. The highest BCUT2D eigenvalue weighted by Crippen LogP contribution is 2.33. The number of likely N-dealkylation sites (tertiary alicyclic amines) is 1. The summed E-state index contributed by atoms with van der Waals surface area (Å²) >= 11 is 0. The van der Waals surface area contributed by atoms with Crippen LogP contribution in [0.15, 0.2) is 0 Å². The Hall–Kier alpha value is -0.610. The van der Waals surface area contributed by atoms with Gasteiger partial charge in [-0.2, -0.15) is 0 Å². The molecule has 4 nitrogen and oxygen atoms in total. The summed E-state index contributed by atoms with van der Waals surface area (Å²) in [4.78, 5) is 16.4. The van der Waals surface area contributed by atoms with E-state index in [1.54, 1.807) is 0 Å². The van der Waals surface area contributed by atoms with Crippen molar-refractivity contribution in [2.45, 2.75) is 50.1 Å². The SMILES string of the molecule is CN1CCC(N(C)C(=O)CC2(N)CCC2)CC1. The van der Waals surface area contributed by atoms with Crippen LogP contribution in [0.4, 0.5) is 0 Å². The summed E-state index contributed by atoms with van der Waals surface area (Å²) in [6, 6.07) is 0.419. The maximum absolute atomic E-state index is 12.2. The topological polar surface area (TPSA) is 49.6 Å². The second-order valence-corrected chi connectivity index (χ2v) is 5.93. The summed E-state index contributed by atoms with van der Waals surface area (Å²) in [6.45, 7) is 2.19. The molecule has 1 aliphatic carbocycles. The molecule has 0 aromatic carbocycles. The second-order valence-electron chi connectivity index (χ2n) is 5.93. The first kappa shape index (κ1) is 12.8. The van der Waals surface area contributed by atoms with Gasteiger partial charge in [0.15, 0.2) is 0 Å². The fourth-order valence-electron chi connectivity index (χ4n) is 2.82. The van der Waals surface area contributed by atoms with Crippen LogP contribution in [0.2, 0.25) is 0 Å². The van der Waals surface area contributed by atoms with Crippen LogP contribution in [-0.2, 0) is 4.79 Å². The molecule has 1 heterocycles. The Balaban J connectivity index is 1.82. The molecule has 0 atom stereocenters. The molecule has 2 aliphatic rings. The molecule has 17 heavy (non-hydrogen) atoms. The van der Waals surface area contributed by atoms with Crippen molar-refractivity contribution in [3.05, 3.63) is 0 Å². The first-order chi connectivity index (χ1) is 8.00. The number of piperidine rings is 1. The van der Waals surface area contributed by atoms with Crippen molar-refractivity contribution in [3.63, 3.8) is 0 Å². The Labute approximate surface area is 104 Å². The van der Waals surface area contributed by atoms with E-state index in [1.165, 1.54) is 6.42 Å². The Morgan fingerprint density at radius 2 is 2.00 bits per heavy atom. The largest absolute Gasteiger partial charge is 0.343 e. The van der Waals surface area contributed by atoms with Crippen LogP contribution in [0.25, 0.3) is 0 Å². The van der Waals surface area contributed by atoms with E-state index in [-0.39, 0.29) is 11.4 Å². The lowest BCUT2D eigenvalue weighted by atomic mass is 9.75. The predicted molar refractivity (Wildman–Crippen MR) is 68.7 cm³/mol. The second kappa shape index (κ2) is 4.94. The minimum absolute atomic E-state index is 0.184. The lowest BCUT2D eigenvalue weighted by Gasteiger charge is -2.41. The van der Waals surface area contributed by atoms with Crippen molar-refractivity contribution in [3.8, 4) is 0 Å². The van der Waals surface area contributed by atoms with Crippen LogP contribution < -0.4 is 5.73 Å². The van der Waals surface area contributed by atoms with E-state index in [0.717, 1.165) is 38.8 Å². The van der Waals surface area contributed by atoms with Gasteiger partial charge in [-0.3, -0.25) is 4.79 Å². The van der Waals surface area contributed by atoms with E-state index in [0.29, 0.717) is 12.5 Å². The molecule has 0 unspecified atom stereocenters. The zero-order valence-corrected chi connectivity index (χ0v) is 11.1. The Bertz CT molecular complexity index is 280. The molecule has 2 rings (SSSR count). The van der Waals surface area contributed by atoms with Crippen molar-refractivity contribution in [1.29, 1.82) is 0 Å². The lowest BCUT2D eigenvalue weighted by molar-refractivity contribution is -0.134. The standard InChI is InChI=1S/C13H25N3O/c1-15-8-4-11(5-9-15)16(2)12(17)10-13(14)6-3-7-13/h11H,3-10,14H2,1-2H3. The monoisotopic (exact) mass is 239 g/mol. The highest BCUT2D eigenvalue weighted by molar-refractivity contribution is 5.77. The third-order valence-electron chi connectivity index (χ3n) is 4.48. The van der Waals surface area contributed by atoms with E-state index < -0.39 is 0 Å². The maximum atomic E-state index is 12.2. The zero-order valence-electron chi connectivity index (χ0n) is 11.1. The van der Waals surface area contributed by atoms with Gasteiger partial charge in [0.25, 0.3) is 0 Å². The summed E-state index contributed by atoms with van der Waals surface area (Å²) < 4.78 is 0. The van der Waals surface area contributed by atoms with Crippen LogP contribution >= 0.6 is 0 Å². The van der Waals surface area contributed by atoms with E-state index in [2.05, 4.69) is 11.9 Å². The molecule has 4 heteroatoms. The molecule has 1 saturated carbocycles. The van der Waals surface area contributed by atoms with Gasteiger partial charge in [0.1, 0.15) is 0 Å². The number of rotatable bonds is 3. The molecule has 2 fully saturated rings. The highest BCUT2D eigenvalue weighted by atomic mass is 16.2. The van der Waals surface area contributed by atoms with Crippen molar-refractivity contribution in [2.75, 3.05) is 27.2 Å². The summed E-state index contributed by atoms with van der Waals surface area (Å²) in [5.41, 5.74) is 5.95. The molecule has 0 radical (unpaired) electrons. The van der Waals surface area contributed by atoms with Gasteiger partial charge in [0.2, 0.25) is 5.91 Å². The number of amides is 1. The number of hydrogen-bond acceptors (Lipinski definition) is 3. The number of carbonyl (C=O) groups excluding carboxylic acids is 1. The third kappa shape index (κ3) is 2.99. The molecule has 98 valence electrons. The van der Waals surface area contributed by atoms with Crippen LogP contribution in [-0.4, -0.2) is 54.5 Å². The average molecular weight is 239 g/mol. The summed E-state index contributed by atoms with van der Waals surface area (Å²) in [5.74, 6) is 0.238. The van der Waals surface area contributed by atoms with Crippen LogP contribution in [0.1, 0.15) is 38.5 Å². The fraction of sp³-hybridized carbons (Fsp3) is 0.923. The van der Waals surface area contributed by atoms with Crippen molar-refractivity contribution in [1.82, 2.24) is 9.80 Å². The molecule has 0 bridgehead atoms. The molecular weight excluding hydrogens is 214 g/mol. The van der Waals surface area contributed by atoms with Gasteiger partial charge in [-0.1, -0.05) is 0 Å². The van der Waals surface area contributed by atoms with Crippen molar-refractivity contribution >= 4 is 5.91 Å². The Kier molecular flexibility index (Phi) is 3.73. The van der Waals surface area contributed by atoms with Gasteiger partial charge >= 0.3 is 0 Å². The fourth-order valence-corrected chi connectivity index (χ4v) is 2.82. The highest BCUT2D eigenvalue weighted by Gasteiger charge is 2.36. The molecule has 0 spiro atoms. The number of nitrogens with zero attached hydrogens (tertiary/aromatic N) is 2. The van der Waals surface area contributed by atoms with E-state index in [9.17, 15) is 4.79 Å². The lowest BCUT2D eigenvalue weighted by Crippen LogP contribution is -2.52.